The Balaban J connectivity index is 1.87. The number of rotatable bonds is 5. The average molecular weight is 407 g/mol. The largest absolute Gasteiger partial charge is 0.573 e. The lowest BCUT2D eigenvalue weighted by atomic mass is 10.2. The van der Waals surface area contributed by atoms with Gasteiger partial charge in [0, 0.05) is 31.0 Å². The number of hydrogen-bond acceptors (Lipinski definition) is 3. The third kappa shape index (κ3) is 4.42. The van der Waals surface area contributed by atoms with Crippen LogP contribution < -0.4 is 4.74 Å². The molecule has 0 spiro atoms. The van der Waals surface area contributed by atoms with Crippen LogP contribution in [0.4, 0.5) is 13.2 Å². The molecule has 28 heavy (non-hydrogen) atoms. The number of nitrogens with one attached hydrogen (secondary N) is 1. The van der Waals surface area contributed by atoms with Crippen molar-refractivity contribution in [3.63, 3.8) is 0 Å². The first-order valence-electron chi connectivity index (χ1n) is 8.21. The highest BCUT2D eigenvalue weighted by Crippen LogP contribution is 2.27. The van der Waals surface area contributed by atoms with Crippen LogP contribution in [0.5, 0.6) is 5.75 Å². The Labute approximate surface area is 164 Å². The second-order valence-corrected chi connectivity index (χ2v) is 6.35. The number of carbonyl (C=O) groups is 1. The maximum atomic E-state index is 12.9. The third-order valence-electron chi connectivity index (χ3n) is 3.96. The van der Waals surface area contributed by atoms with Gasteiger partial charge in [0.1, 0.15) is 11.4 Å². The molecule has 3 aromatic rings. The van der Waals surface area contributed by atoms with E-state index < -0.39 is 12.3 Å². The summed E-state index contributed by atoms with van der Waals surface area (Å²) in [5.74, 6) is -0.748. The fraction of sp³-hybridized carbons (Fsp3) is 0.158. The molecular formula is C19H16F3N3O2S. The molecule has 0 aliphatic rings. The lowest BCUT2D eigenvalue weighted by Gasteiger charge is -2.20. The summed E-state index contributed by atoms with van der Waals surface area (Å²) in [4.78, 5) is 17.1. The number of imidazole rings is 1. The number of carbonyl (C=O) groups excluding carboxylic acids is 1. The molecule has 0 saturated carbocycles. The number of halogens is 3. The number of nitrogens with zero attached hydrogens (tertiary/aromatic N) is 2. The summed E-state index contributed by atoms with van der Waals surface area (Å²) in [5, 5.41) is 0. The van der Waals surface area contributed by atoms with Crippen molar-refractivity contribution < 1.29 is 22.7 Å². The van der Waals surface area contributed by atoms with Gasteiger partial charge < -0.3 is 14.6 Å². The molecule has 1 N–H and O–H groups in total. The summed E-state index contributed by atoms with van der Waals surface area (Å²) in [6, 6.07) is 14.8. The maximum absolute atomic E-state index is 12.9. The molecule has 0 unspecified atom stereocenters. The van der Waals surface area contributed by atoms with Gasteiger partial charge in [0.15, 0.2) is 4.77 Å². The Hall–Kier alpha value is -3.07. The SMILES string of the molecule is CN(Cc1ccccc1OC(F)(F)F)C(=O)c1c[nH]c(=S)n1-c1ccccc1. The van der Waals surface area contributed by atoms with Crippen LogP contribution in [0.2, 0.25) is 0 Å². The van der Waals surface area contributed by atoms with Gasteiger partial charge in [-0.05, 0) is 30.4 Å². The molecule has 1 aromatic heterocycles. The van der Waals surface area contributed by atoms with E-state index in [2.05, 4.69) is 9.72 Å². The lowest BCUT2D eigenvalue weighted by molar-refractivity contribution is -0.275. The number of H-pyrrole nitrogens is 1. The molecular weight excluding hydrogens is 391 g/mol. The Morgan fingerprint density at radius 1 is 1.14 bits per heavy atom. The number of hydrogen-bond donors (Lipinski definition) is 1. The smallest absolute Gasteiger partial charge is 0.405 e. The van der Waals surface area contributed by atoms with E-state index in [-0.39, 0.29) is 23.6 Å². The van der Waals surface area contributed by atoms with E-state index in [4.69, 9.17) is 12.2 Å². The molecule has 1 amide bonds. The van der Waals surface area contributed by atoms with E-state index in [0.717, 1.165) is 0 Å². The van der Waals surface area contributed by atoms with Crippen LogP contribution in [-0.4, -0.2) is 33.8 Å². The quantitative estimate of drug-likeness (QED) is 0.624. The minimum absolute atomic E-state index is 0.0716. The topological polar surface area (TPSA) is 50.3 Å². The zero-order chi connectivity index (χ0) is 20.3. The summed E-state index contributed by atoms with van der Waals surface area (Å²) < 4.78 is 43.8. The monoisotopic (exact) mass is 407 g/mol. The highest BCUT2D eigenvalue weighted by Gasteiger charge is 2.32. The number of ether oxygens (including phenoxy) is 1. The predicted molar refractivity (Wildman–Crippen MR) is 99.9 cm³/mol. The van der Waals surface area contributed by atoms with E-state index in [0.29, 0.717) is 10.5 Å². The molecule has 1 heterocycles. The van der Waals surface area contributed by atoms with Gasteiger partial charge in [-0.15, -0.1) is 13.2 Å². The number of amides is 1. The van der Waals surface area contributed by atoms with E-state index in [1.807, 2.05) is 18.2 Å². The minimum atomic E-state index is -4.81. The van der Waals surface area contributed by atoms with E-state index >= 15 is 0 Å². The molecule has 0 atom stereocenters. The van der Waals surface area contributed by atoms with E-state index in [9.17, 15) is 18.0 Å². The highest BCUT2D eigenvalue weighted by atomic mass is 32.1. The molecule has 9 heteroatoms. The number of benzene rings is 2. The van der Waals surface area contributed by atoms with Crippen LogP contribution in [0.15, 0.2) is 60.8 Å². The van der Waals surface area contributed by atoms with Crippen LogP contribution in [0.3, 0.4) is 0 Å². The van der Waals surface area contributed by atoms with Crippen molar-refractivity contribution in [3.05, 3.63) is 76.8 Å². The molecule has 2 aromatic carbocycles. The van der Waals surface area contributed by atoms with Crippen molar-refractivity contribution >= 4 is 18.1 Å². The number of aromatic amines is 1. The van der Waals surface area contributed by atoms with Crippen LogP contribution in [0.1, 0.15) is 16.1 Å². The van der Waals surface area contributed by atoms with Crippen LogP contribution in [0, 0.1) is 4.77 Å². The second-order valence-electron chi connectivity index (χ2n) is 5.97. The zero-order valence-electron chi connectivity index (χ0n) is 14.7. The van der Waals surface area contributed by atoms with Crippen molar-refractivity contribution in [1.29, 1.82) is 0 Å². The van der Waals surface area contributed by atoms with Crippen molar-refractivity contribution in [1.82, 2.24) is 14.5 Å². The van der Waals surface area contributed by atoms with E-state index in [1.54, 1.807) is 22.8 Å². The van der Waals surface area contributed by atoms with Gasteiger partial charge in [-0.2, -0.15) is 0 Å². The van der Waals surface area contributed by atoms with Crippen molar-refractivity contribution in [2.24, 2.45) is 0 Å². The molecule has 0 bridgehead atoms. The Morgan fingerprint density at radius 2 is 1.79 bits per heavy atom. The van der Waals surface area contributed by atoms with Crippen molar-refractivity contribution in [2.45, 2.75) is 12.9 Å². The summed E-state index contributed by atoms with van der Waals surface area (Å²) in [7, 11) is 1.50. The summed E-state index contributed by atoms with van der Waals surface area (Å²) in [6.07, 6.45) is -3.33. The maximum Gasteiger partial charge on any atom is 0.573 e. The average Bonchev–Trinajstić information content (AvgIpc) is 3.03. The minimum Gasteiger partial charge on any atom is -0.405 e. The van der Waals surface area contributed by atoms with Crippen molar-refractivity contribution in [3.8, 4) is 11.4 Å². The van der Waals surface area contributed by atoms with Gasteiger partial charge in [0.25, 0.3) is 5.91 Å². The van der Waals surface area contributed by atoms with Gasteiger partial charge >= 0.3 is 6.36 Å². The fourth-order valence-electron chi connectivity index (χ4n) is 2.74. The first kappa shape index (κ1) is 19.7. The fourth-order valence-corrected chi connectivity index (χ4v) is 3.00. The standard InChI is InChI=1S/C19H16F3N3O2S/c1-24(12-13-7-5-6-10-16(13)27-19(20,21)22)17(26)15-11-23-18(28)25(15)14-8-3-2-4-9-14/h2-11H,12H2,1H3,(H,23,28). The molecule has 146 valence electrons. The molecule has 3 rings (SSSR count). The molecule has 0 aliphatic heterocycles. The summed E-state index contributed by atoms with van der Waals surface area (Å²) in [5.41, 5.74) is 1.20. The predicted octanol–water partition coefficient (Wildman–Crippen LogP) is 4.71. The Morgan fingerprint density at radius 3 is 2.46 bits per heavy atom. The third-order valence-corrected chi connectivity index (χ3v) is 4.26. The van der Waals surface area contributed by atoms with Gasteiger partial charge in [-0.1, -0.05) is 36.4 Å². The molecule has 0 aliphatic carbocycles. The number of alkyl halides is 3. The van der Waals surface area contributed by atoms with Crippen molar-refractivity contribution in [2.75, 3.05) is 7.05 Å². The second kappa shape index (κ2) is 7.89. The van der Waals surface area contributed by atoms with Gasteiger partial charge in [0.2, 0.25) is 0 Å². The molecule has 0 saturated heterocycles. The lowest BCUT2D eigenvalue weighted by Crippen LogP contribution is -2.28. The van der Waals surface area contributed by atoms with Gasteiger partial charge in [0.05, 0.1) is 0 Å². The summed E-state index contributed by atoms with van der Waals surface area (Å²) >= 11 is 5.26. The van der Waals surface area contributed by atoms with Crippen LogP contribution in [-0.2, 0) is 6.54 Å². The number of para-hydroxylation sites is 2. The van der Waals surface area contributed by atoms with Gasteiger partial charge in [-0.25, -0.2) is 0 Å². The van der Waals surface area contributed by atoms with Crippen LogP contribution in [0.25, 0.3) is 5.69 Å². The Bertz CT molecular complexity index is 1030. The normalized spacial score (nSPS) is 11.3. The molecule has 0 fully saturated rings. The molecule has 5 nitrogen and oxygen atoms in total. The first-order valence-corrected chi connectivity index (χ1v) is 8.62. The van der Waals surface area contributed by atoms with Gasteiger partial charge in [-0.3, -0.25) is 9.36 Å². The molecule has 0 radical (unpaired) electrons. The number of aromatic nitrogens is 2. The Kier molecular flexibility index (Phi) is 5.55. The highest BCUT2D eigenvalue weighted by molar-refractivity contribution is 7.71. The first-order chi connectivity index (χ1) is 13.3. The zero-order valence-corrected chi connectivity index (χ0v) is 15.6. The van der Waals surface area contributed by atoms with E-state index in [1.165, 1.54) is 36.3 Å². The van der Waals surface area contributed by atoms with Crippen LogP contribution >= 0.6 is 12.2 Å². The summed E-state index contributed by atoms with van der Waals surface area (Å²) in [6.45, 7) is -0.0716.